The Morgan fingerprint density at radius 3 is 1.27 bits per heavy atom. The summed E-state index contributed by atoms with van der Waals surface area (Å²) in [6.45, 7) is 1.70. The Bertz CT molecular complexity index is 2990. The van der Waals surface area contributed by atoms with Crippen molar-refractivity contribution in [3.05, 3.63) is 94.0 Å². The van der Waals surface area contributed by atoms with Gasteiger partial charge in [0, 0.05) is 58.9 Å². The number of phenols is 2. The van der Waals surface area contributed by atoms with Crippen molar-refractivity contribution < 1.29 is 139 Å². The summed E-state index contributed by atoms with van der Waals surface area (Å²) in [5.41, 5.74) is -2.56. The Kier molecular flexibility index (Phi) is 21.5. The van der Waals surface area contributed by atoms with E-state index in [1.807, 2.05) is 0 Å². The molecule has 28 heteroatoms. The predicted octanol–water partition coefficient (Wildman–Crippen LogP) is -5.38. The number of ketones is 2. The number of anilines is 4. The molecule has 0 atom stereocenters. The Labute approximate surface area is 463 Å². The molecular formula is C45H49N7Na2O17S2. The number of hydrogen-bond acceptors (Lipinski definition) is 20. The number of carboxylic acids is 3. The van der Waals surface area contributed by atoms with Gasteiger partial charge < -0.3 is 50.6 Å². The van der Waals surface area contributed by atoms with Crippen molar-refractivity contribution in [3.63, 3.8) is 0 Å². The average Bonchev–Trinajstić information content (AvgIpc) is 3.27. The van der Waals surface area contributed by atoms with Crippen LogP contribution in [0.1, 0.15) is 43.0 Å². The zero-order chi connectivity index (χ0) is 51.9. The summed E-state index contributed by atoms with van der Waals surface area (Å²) >= 11 is 0. The van der Waals surface area contributed by atoms with Crippen molar-refractivity contribution in [3.8, 4) is 11.5 Å². The van der Waals surface area contributed by atoms with E-state index in [-0.39, 0.29) is 179 Å². The van der Waals surface area contributed by atoms with Gasteiger partial charge in [-0.1, -0.05) is 12.1 Å². The van der Waals surface area contributed by atoms with Gasteiger partial charge in [-0.25, -0.2) is 16.8 Å². The summed E-state index contributed by atoms with van der Waals surface area (Å²) in [7, 11) is -10.3. The number of rotatable bonds is 17. The van der Waals surface area contributed by atoms with E-state index < -0.39 is 99.2 Å². The van der Waals surface area contributed by atoms with Crippen LogP contribution in [0.15, 0.2) is 70.5 Å². The molecule has 0 spiro atoms. The molecule has 1 amide bonds. The molecule has 2 aliphatic rings. The molecular weight excluding hydrogens is 1020 g/mol. The van der Waals surface area contributed by atoms with Crippen LogP contribution in [0, 0.1) is 6.92 Å². The minimum atomic E-state index is -5.28. The Morgan fingerprint density at radius 2 is 0.890 bits per heavy atom. The van der Waals surface area contributed by atoms with Gasteiger partial charge in [-0.2, -0.15) is 0 Å². The van der Waals surface area contributed by atoms with Gasteiger partial charge in [0.15, 0.2) is 0 Å². The third kappa shape index (κ3) is 16.0. The molecule has 0 aromatic heterocycles. The van der Waals surface area contributed by atoms with E-state index in [1.165, 1.54) is 24.3 Å². The number of amides is 1. The zero-order valence-corrected chi connectivity index (χ0v) is 45.5. The summed E-state index contributed by atoms with van der Waals surface area (Å²) in [5, 5.41) is 58.4. The maximum absolute atomic E-state index is 14.3. The van der Waals surface area contributed by atoms with Crippen molar-refractivity contribution in [2.75, 3.05) is 95.7 Å². The first-order valence-electron chi connectivity index (χ1n) is 21.7. The number of nitrogens with one attached hydrogen (secondary N) is 3. The first-order valence-corrected chi connectivity index (χ1v) is 24.5. The molecule has 1 fully saturated rings. The second-order valence-electron chi connectivity index (χ2n) is 16.8. The molecule has 0 radical (unpaired) electrons. The van der Waals surface area contributed by atoms with Gasteiger partial charge in [-0.3, -0.25) is 48.4 Å². The summed E-state index contributed by atoms with van der Waals surface area (Å²) in [5.74, 6) is -7.28. The van der Waals surface area contributed by atoms with E-state index in [0.717, 1.165) is 36.4 Å². The van der Waals surface area contributed by atoms with Gasteiger partial charge in [0.05, 0.1) is 81.0 Å². The fourth-order valence-electron chi connectivity index (χ4n) is 8.23. The van der Waals surface area contributed by atoms with Crippen LogP contribution in [-0.2, 0) is 45.8 Å². The van der Waals surface area contributed by atoms with E-state index in [9.17, 15) is 80.2 Å². The molecule has 0 unspecified atom stereocenters. The number of hydrogen-bond donors (Lipinski definition) is 8. The van der Waals surface area contributed by atoms with Gasteiger partial charge in [-0.05, 0) is 73.0 Å². The number of benzene rings is 4. The fourth-order valence-corrected chi connectivity index (χ4v) is 9.63. The van der Waals surface area contributed by atoms with Crippen LogP contribution in [0.4, 0.5) is 22.7 Å². The minimum Gasteiger partial charge on any atom is -0.744 e. The number of carbonyl (C=O) groups excluding carboxylic acids is 3. The van der Waals surface area contributed by atoms with E-state index in [4.69, 9.17) is 0 Å². The maximum Gasteiger partial charge on any atom is 1.00 e. The molecule has 6 rings (SSSR count). The monoisotopic (exact) mass is 1070 g/mol. The second-order valence-corrected chi connectivity index (χ2v) is 19.5. The third-order valence-corrected chi connectivity index (χ3v) is 13.4. The van der Waals surface area contributed by atoms with Gasteiger partial charge in [0.25, 0.3) is 0 Å². The molecule has 4 aromatic rings. The van der Waals surface area contributed by atoms with Gasteiger partial charge >= 0.3 is 77.0 Å². The quantitative estimate of drug-likeness (QED) is 0.0245. The van der Waals surface area contributed by atoms with Crippen molar-refractivity contribution >= 4 is 78.4 Å². The molecule has 1 saturated heterocycles. The molecule has 1 aliphatic carbocycles. The summed E-state index contributed by atoms with van der Waals surface area (Å²) < 4.78 is 74.4. The number of nitrogens with zero attached hydrogens (tertiary/aromatic N) is 4. The van der Waals surface area contributed by atoms with E-state index >= 15 is 0 Å². The number of fused-ring (bicyclic) bond motifs is 2. The number of aryl methyl sites for hydroxylation is 1. The van der Waals surface area contributed by atoms with E-state index in [2.05, 4.69) is 16.0 Å². The molecule has 380 valence electrons. The standard InChI is InChI=1S/C45H51N7O17S2.2Na/c1-26-2-4-28(34(20-26)70(64,65)66)47-30-6-8-32(53)42-40(30)44(62)43-33(54)9-7-31(41(43)45(42)63)48-29-5-3-27(21-35(29)71(67,68)69)10-11-46-36(55)22-49-12-14-50(23-37(56)57)16-18-52(25-39(60)61)19-17-51(15-13-49)24-38(58)59;;/h2-9,20-21,47-48,53-54H,10-19,22-25H2,1H3,(H,46,55)(H,56,57)(H,58,59)(H,60,61)(H,64,65,66)(H,67,68,69);;/q;2*+1/p-2. The van der Waals surface area contributed by atoms with Crippen LogP contribution >= 0.6 is 0 Å². The van der Waals surface area contributed by atoms with Crippen molar-refractivity contribution in [1.82, 2.24) is 24.9 Å². The van der Waals surface area contributed by atoms with Crippen LogP contribution in [-0.4, -0.2) is 192 Å². The molecule has 4 aromatic carbocycles. The summed E-state index contributed by atoms with van der Waals surface area (Å²) in [6, 6.07) is 11.8. The molecule has 1 heterocycles. The Balaban J connectivity index is 0.00000578. The smallest absolute Gasteiger partial charge is 0.744 e. The average molecular weight is 1070 g/mol. The largest absolute Gasteiger partial charge is 1.00 e. The molecule has 0 bridgehead atoms. The van der Waals surface area contributed by atoms with Crippen LogP contribution in [0.25, 0.3) is 0 Å². The molecule has 8 N–H and O–H groups in total. The fraction of sp³-hybridized carbons (Fsp3) is 0.333. The summed E-state index contributed by atoms with van der Waals surface area (Å²) in [6.07, 6.45) is -0.000977. The Hall–Kier alpha value is -5.04. The van der Waals surface area contributed by atoms with Gasteiger partial charge in [-0.15, -0.1) is 0 Å². The predicted molar refractivity (Wildman–Crippen MR) is 249 cm³/mol. The van der Waals surface area contributed by atoms with Crippen LogP contribution in [0.2, 0.25) is 0 Å². The number of phenolic OH excluding ortho intramolecular Hbond substituents is 2. The van der Waals surface area contributed by atoms with E-state index in [0.29, 0.717) is 5.56 Å². The number of carboxylic acid groups (broad SMARTS) is 3. The Morgan fingerprint density at radius 1 is 0.534 bits per heavy atom. The van der Waals surface area contributed by atoms with Crippen molar-refractivity contribution in [1.29, 1.82) is 0 Å². The summed E-state index contributed by atoms with van der Waals surface area (Å²) in [4.78, 5) is 81.5. The van der Waals surface area contributed by atoms with Gasteiger partial charge in [0.1, 0.15) is 31.7 Å². The number of carbonyl (C=O) groups is 6. The topological polar surface area (TPSA) is 367 Å². The minimum absolute atomic E-state index is 0. The van der Waals surface area contributed by atoms with Crippen molar-refractivity contribution in [2.24, 2.45) is 0 Å². The second kappa shape index (κ2) is 25.9. The van der Waals surface area contributed by atoms with Crippen LogP contribution in [0.5, 0.6) is 11.5 Å². The zero-order valence-electron chi connectivity index (χ0n) is 39.9. The molecule has 1 aliphatic heterocycles. The molecule has 24 nitrogen and oxygen atoms in total. The van der Waals surface area contributed by atoms with Gasteiger partial charge in [0.2, 0.25) is 17.5 Å². The SMILES string of the molecule is Cc1ccc(Nc2ccc(O)c3c2C(=O)c2c(O)ccc(Nc4ccc(CCNC(=O)CN5CCN(CC(=O)O)CCN(CC(=O)O)CCN(CC(=O)O)CC5)cc4S(=O)(=O)[O-])c2C3=O)c(S(=O)(=O)[O-])c1.[Na+].[Na+]. The maximum atomic E-state index is 14.3. The number of aliphatic carboxylic acids is 3. The molecule has 0 saturated carbocycles. The third-order valence-electron chi connectivity index (χ3n) is 11.6. The van der Waals surface area contributed by atoms with Crippen LogP contribution in [0.3, 0.4) is 0 Å². The van der Waals surface area contributed by atoms with E-state index in [1.54, 1.807) is 26.5 Å². The number of aromatic hydroxyl groups is 2. The normalized spacial score (nSPS) is 15.3. The first kappa shape index (κ1) is 60.5. The first-order chi connectivity index (χ1) is 33.4. The van der Waals surface area contributed by atoms with Crippen LogP contribution < -0.4 is 75.1 Å². The molecule has 73 heavy (non-hydrogen) atoms. The van der Waals surface area contributed by atoms with Crippen molar-refractivity contribution in [2.45, 2.75) is 23.1 Å².